The van der Waals surface area contributed by atoms with E-state index >= 15 is 0 Å². The third kappa shape index (κ3) is 1.93. The molecular formula is C8H10N2O3. The zero-order valence-electron chi connectivity index (χ0n) is 7.46. The number of aryl methyl sites for hydroxylation is 1. The molecule has 0 amide bonds. The molecule has 5 nitrogen and oxygen atoms in total. The molecule has 0 bridgehead atoms. The standard InChI is InChI=1S/C8H10N2O3/c1-5-3-9-7(12)8(13)10(5)4-6(2)11/h3H,4H2,1-2H3,(H,9,12). The number of carbonyl (C=O) groups excluding carboxylic acids is 1. The second kappa shape index (κ2) is 3.38. The Hall–Kier alpha value is -1.65. The van der Waals surface area contributed by atoms with Crippen LogP contribution in [0.3, 0.4) is 0 Å². The minimum Gasteiger partial charge on any atom is -0.323 e. The Labute approximate surface area is 74.0 Å². The van der Waals surface area contributed by atoms with E-state index < -0.39 is 11.1 Å². The van der Waals surface area contributed by atoms with Crippen molar-refractivity contribution < 1.29 is 4.79 Å². The Kier molecular flexibility index (Phi) is 2.46. The van der Waals surface area contributed by atoms with E-state index in [9.17, 15) is 14.4 Å². The van der Waals surface area contributed by atoms with Gasteiger partial charge in [0, 0.05) is 11.9 Å². The van der Waals surface area contributed by atoms with Crippen LogP contribution in [0, 0.1) is 6.92 Å². The summed E-state index contributed by atoms with van der Waals surface area (Å²) in [6.07, 6.45) is 1.41. The predicted molar refractivity (Wildman–Crippen MR) is 46.7 cm³/mol. The van der Waals surface area contributed by atoms with E-state index in [4.69, 9.17) is 0 Å². The highest BCUT2D eigenvalue weighted by atomic mass is 16.2. The Balaban J connectivity index is 3.34. The normalized spacial score (nSPS) is 10.0. The molecule has 70 valence electrons. The molecule has 1 aromatic rings. The van der Waals surface area contributed by atoms with Gasteiger partial charge in [-0.3, -0.25) is 19.0 Å². The average molecular weight is 182 g/mol. The first-order valence-electron chi connectivity index (χ1n) is 3.81. The molecule has 13 heavy (non-hydrogen) atoms. The highest BCUT2D eigenvalue weighted by Crippen LogP contribution is 1.88. The molecule has 0 spiro atoms. The molecule has 0 aliphatic heterocycles. The number of hydrogen-bond donors (Lipinski definition) is 1. The quantitative estimate of drug-likeness (QED) is 0.623. The van der Waals surface area contributed by atoms with Gasteiger partial charge in [0.1, 0.15) is 5.78 Å². The maximum atomic E-state index is 11.2. The van der Waals surface area contributed by atoms with Crippen LogP contribution in [0.5, 0.6) is 0 Å². The van der Waals surface area contributed by atoms with Crippen LogP contribution in [0.1, 0.15) is 12.6 Å². The van der Waals surface area contributed by atoms with Gasteiger partial charge in [-0.05, 0) is 13.8 Å². The summed E-state index contributed by atoms with van der Waals surface area (Å²) in [5, 5.41) is 0. The van der Waals surface area contributed by atoms with Crippen molar-refractivity contribution in [3.05, 3.63) is 32.6 Å². The van der Waals surface area contributed by atoms with Crippen molar-refractivity contribution in [3.8, 4) is 0 Å². The second-order valence-corrected chi connectivity index (χ2v) is 2.85. The van der Waals surface area contributed by atoms with Crippen molar-refractivity contribution in [1.82, 2.24) is 9.55 Å². The van der Waals surface area contributed by atoms with Crippen molar-refractivity contribution in [2.45, 2.75) is 20.4 Å². The number of hydrogen-bond acceptors (Lipinski definition) is 3. The van der Waals surface area contributed by atoms with Crippen LogP contribution >= 0.6 is 0 Å². The molecule has 0 saturated heterocycles. The van der Waals surface area contributed by atoms with Gasteiger partial charge in [0.15, 0.2) is 0 Å². The van der Waals surface area contributed by atoms with Crippen LogP contribution in [0.2, 0.25) is 0 Å². The molecule has 0 saturated carbocycles. The summed E-state index contributed by atoms with van der Waals surface area (Å²) in [6.45, 7) is 2.97. The van der Waals surface area contributed by atoms with E-state index in [-0.39, 0.29) is 12.3 Å². The van der Waals surface area contributed by atoms with Gasteiger partial charge < -0.3 is 4.98 Å². The van der Waals surface area contributed by atoms with Gasteiger partial charge in [-0.2, -0.15) is 0 Å². The number of rotatable bonds is 2. The lowest BCUT2D eigenvalue weighted by Crippen LogP contribution is -2.38. The summed E-state index contributed by atoms with van der Waals surface area (Å²) in [7, 11) is 0. The first kappa shape index (κ1) is 9.44. The monoisotopic (exact) mass is 182 g/mol. The Bertz CT molecular complexity index is 441. The number of aromatic nitrogens is 2. The van der Waals surface area contributed by atoms with E-state index in [0.29, 0.717) is 5.69 Å². The maximum absolute atomic E-state index is 11.2. The molecule has 1 rings (SSSR count). The highest BCUT2D eigenvalue weighted by molar-refractivity contribution is 5.75. The van der Waals surface area contributed by atoms with Crippen molar-refractivity contribution in [2.24, 2.45) is 0 Å². The molecule has 1 N–H and O–H groups in total. The van der Waals surface area contributed by atoms with Gasteiger partial charge in [0.05, 0.1) is 6.54 Å². The van der Waals surface area contributed by atoms with Crippen molar-refractivity contribution in [3.63, 3.8) is 0 Å². The summed E-state index contributed by atoms with van der Waals surface area (Å²) in [4.78, 5) is 35.1. The molecule has 1 aromatic heterocycles. The largest absolute Gasteiger partial charge is 0.323 e. The summed E-state index contributed by atoms with van der Waals surface area (Å²) in [6, 6.07) is 0. The zero-order chi connectivity index (χ0) is 10.0. The second-order valence-electron chi connectivity index (χ2n) is 2.85. The predicted octanol–water partition coefficient (Wildman–Crippen LogP) is -0.566. The van der Waals surface area contributed by atoms with Crippen molar-refractivity contribution in [1.29, 1.82) is 0 Å². The minimum absolute atomic E-state index is 0.0470. The number of ketones is 1. The average Bonchev–Trinajstić information content (AvgIpc) is 2.05. The van der Waals surface area contributed by atoms with E-state index in [0.717, 1.165) is 4.57 Å². The third-order valence-electron chi connectivity index (χ3n) is 1.66. The lowest BCUT2D eigenvalue weighted by Gasteiger charge is -2.04. The summed E-state index contributed by atoms with van der Waals surface area (Å²) in [5.74, 6) is -0.157. The fourth-order valence-corrected chi connectivity index (χ4v) is 1.01. The molecule has 0 aliphatic rings. The Morgan fingerprint density at radius 1 is 1.54 bits per heavy atom. The van der Waals surface area contributed by atoms with E-state index in [1.165, 1.54) is 13.1 Å². The van der Waals surface area contributed by atoms with Gasteiger partial charge in [0.2, 0.25) is 0 Å². The zero-order valence-corrected chi connectivity index (χ0v) is 7.46. The summed E-state index contributed by atoms with van der Waals surface area (Å²) in [5.41, 5.74) is -0.818. The molecule has 0 atom stereocenters. The van der Waals surface area contributed by atoms with Crippen molar-refractivity contribution in [2.75, 3.05) is 0 Å². The van der Waals surface area contributed by atoms with Gasteiger partial charge in [-0.1, -0.05) is 0 Å². The lowest BCUT2D eigenvalue weighted by molar-refractivity contribution is -0.117. The number of Topliss-reactive ketones (excluding diaryl/α,β-unsaturated/α-hetero) is 1. The molecular weight excluding hydrogens is 172 g/mol. The molecule has 0 unspecified atom stereocenters. The molecule has 0 fully saturated rings. The van der Waals surface area contributed by atoms with Gasteiger partial charge in [-0.15, -0.1) is 0 Å². The first-order valence-corrected chi connectivity index (χ1v) is 3.81. The SMILES string of the molecule is CC(=O)Cn1c(C)c[nH]c(=O)c1=O. The molecule has 0 radical (unpaired) electrons. The van der Waals surface area contributed by atoms with E-state index in [1.54, 1.807) is 6.92 Å². The number of H-pyrrole nitrogens is 1. The van der Waals surface area contributed by atoms with Crippen molar-refractivity contribution >= 4 is 5.78 Å². The molecule has 5 heteroatoms. The maximum Gasteiger partial charge on any atom is 0.316 e. The number of aromatic amines is 1. The topological polar surface area (TPSA) is 71.9 Å². The highest BCUT2D eigenvalue weighted by Gasteiger charge is 2.05. The van der Waals surface area contributed by atoms with E-state index in [1.807, 2.05) is 0 Å². The number of carbonyl (C=O) groups is 1. The lowest BCUT2D eigenvalue weighted by atomic mass is 10.4. The van der Waals surface area contributed by atoms with Gasteiger partial charge >= 0.3 is 11.1 Å². The molecule has 0 aliphatic carbocycles. The minimum atomic E-state index is -0.702. The smallest absolute Gasteiger partial charge is 0.316 e. The summed E-state index contributed by atoms with van der Waals surface area (Å²) < 4.78 is 1.15. The number of nitrogens with one attached hydrogen (secondary N) is 1. The third-order valence-corrected chi connectivity index (χ3v) is 1.66. The first-order chi connectivity index (χ1) is 6.02. The van der Waals surface area contributed by atoms with Crippen LogP contribution in [-0.4, -0.2) is 15.3 Å². The van der Waals surface area contributed by atoms with Gasteiger partial charge in [0.25, 0.3) is 0 Å². The van der Waals surface area contributed by atoms with E-state index in [2.05, 4.69) is 4.98 Å². The van der Waals surface area contributed by atoms with Crippen LogP contribution in [0.25, 0.3) is 0 Å². The van der Waals surface area contributed by atoms with Crippen LogP contribution in [0.15, 0.2) is 15.8 Å². The van der Waals surface area contributed by atoms with Crippen LogP contribution in [-0.2, 0) is 11.3 Å². The molecule has 0 aromatic carbocycles. The fourth-order valence-electron chi connectivity index (χ4n) is 1.01. The Morgan fingerprint density at radius 3 is 2.69 bits per heavy atom. The fraction of sp³-hybridized carbons (Fsp3) is 0.375. The van der Waals surface area contributed by atoms with Crippen LogP contribution in [0.4, 0.5) is 0 Å². The Morgan fingerprint density at radius 2 is 2.15 bits per heavy atom. The van der Waals surface area contributed by atoms with Crippen LogP contribution < -0.4 is 11.1 Å². The van der Waals surface area contributed by atoms with Gasteiger partial charge in [-0.25, -0.2) is 0 Å². The summed E-state index contributed by atoms with van der Waals surface area (Å²) >= 11 is 0. The molecule has 1 heterocycles. The number of nitrogens with zero attached hydrogens (tertiary/aromatic N) is 1.